The second-order valence-corrected chi connectivity index (χ2v) is 2.59. The zero-order chi connectivity index (χ0) is 8.81. The molecule has 0 amide bonds. The molecule has 1 rings (SSSR count). The van der Waals surface area contributed by atoms with Crippen molar-refractivity contribution < 1.29 is 4.74 Å². The van der Waals surface area contributed by atoms with Crippen LogP contribution in [0.4, 0.5) is 0 Å². The SMILES string of the molecule is CCCC(=N)Oc1ccccc1.Cl. The smallest absolute Gasteiger partial charge is 0.187 e. The molecule has 3 heteroatoms. The standard InChI is InChI=1S/C10H13NO.ClH/c1-2-6-10(11)12-9-7-4-3-5-8-9;/h3-5,7-8,11H,2,6H2,1H3;1H. The molecule has 0 saturated heterocycles. The summed E-state index contributed by atoms with van der Waals surface area (Å²) in [4.78, 5) is 0. The molecular weight excluding hydrogens is 186 g/mol. The van der Waals surface area contributed by atoms with Crippen molar-refractivity contribution in [2.75, 3.05) is 0 Å². The van der Waals surface area contributed by atoms with E-state index in [0.717, 1.165) is 12.2 Å². The van der Waals surface area contributed by atoms with E-state index < -0.39 is 0 Å². The topological polar surface area (TPSA) is 33.1 Å². The van der Waals surface area contributed by atoms with Crippen LogP contribution in [-0.4, -0.2) is 5.90 Å². The molecule has 0 aliphatic rings. The quantitative estimate of drug-likeness (QED) is 0.588. The molecule has 0 spiro atoms. The summed E-state index contributed by atoms with van der Waals surface area (Å²) in [6, 6.07) is 9.42. The van der Waals surface area contributed by atoms with Gasteiger partial charge in [-0.1, -0.05) is 25.1 Å². The first-order valence-corrected chi connectivity index (χ1v) is 4.13. The first-order chi connectivity index (χ1) is 5.83. The van der Waals surface area contributed by atoms with Gasteiger partial charge in [-0.05, 0) is 18.6 Å². The largest absolute Gasteiger partial charge is 0.444 e. The molecule has 0 radical (unpaired) electrons. The highest BCUT2D eigenvalue weighted by molar-refractivity contribution is 5.85. The number of ether oxygens (including phenoxy) is 1. The van der Waals surface area contributed by atoms with Gasteiger partial charge < -0.3 is 4.74 Å². The predicted molar refractivity (Wildman–Crippen MR) is 57.0 cm³/mol. The Kier molecular flexibility index (Phi) is 5.98. The van der Waals surface area contributed by atoms with Gasteiger partial charge >= 0.3 is 0 Å². The minimum Gasteiger partial charge on any atom is -0.444 e. The van der Waals surface area contributed by atoms with Crippen LogP contribution in [0.2, 0.25) is 0 Å². The molecule has 2 nitrogen and oxygen atoms in total. The molecule has 1 N–H and O–H groups in total. The van der Waals surface area contributed by atoms with Gasteiger partial charge in [0, 0.05) is 6.42 Å². The van der Waals surface area contributed by atoms with Gasteiger partial charge in [0.2, 0.25) is 0 Å². The highest BCUT2D eigenvalue weighted by Gasteiger charge is 1.96. The van der Waals surface area contributed by atoms with Crippen LogP contribution < -0.4 is 4.74 Å². The van der Waals surface area contributed by atoms with Crippen molar-refractivity contribution in [3.63, 3.8) is 0 Å². The lowest BCUT2D eigenvalue weighted by atomic mass is 10.3. The monoisotopic (exact) mass is 199 g/mol. The van der Waals surface area contributed by atoms with Crippen molar-refractivity contribution in [1.82, 2.24) is 0 Å². The summed E-state index contributed by atoms with van der Waals surface area (Å²) in [5, 5.41) is 7.40. The summed E-state index contributed by atoms with van der Waals surface area (Å²) < 4.78 is 5.24. The van der Waals surface area contributed by atoms with Gasteiger partial charge in [-0.2, -0.15) is 0 Å². The normalized spacial score (nSPS) is 8.69. The van der Waals surface area contributed by atoms with E-state index in [1.54, 1.807) is 0 Å². The Morgan fingerprint density at radius 2 is 1.92 bits per heavy atom. The van der Waals surface area contributed by atoms with E-state index in [1.165, 1.54) is 0 Å². The molecule has 0 aliphatic heterocycles. The molecular formula is C10H14ClNO. The summed E-state index contributed by atoms with van der Waals surface area (Å²) in [5.74, 6) is 1.08. The Labute approximate surface area is 84.8 Å². The maximum atomic E-state index is 7.40. The van der Waals surface area contributed by atoms with Crippen LogP contribution in [0, 0.1) is 5.41 Å². The Morgan fingerprint density at radius 1 is 1.31 bits per heavy atom. The molecule has 0 atom stereocenters. The Balaban J connectivity index is 0.00000144. The average molecular weight is 200 g/mol. The highest BCUT2D eigenvalue weighted by Crippen LogP contribution is 2.09. The number of rotatable bonds is 3. The molecule has 1 aromatic carbocycles. The molecule has 0 aromatic heterocycles. The zero-order valence-corrected chi connectivity index (χ0v) is 8.43. The summed E-state index contributed by atoms with van der Waals surface area (Å²) in [7, 11) is 0. The van der Waals surface area contributed by atoms with E-state index in [4.69, 9.17) is 10.1 Å². The summed E-state index contributed by atoms with van der Waals surface area (Å²) >= 11 is 0. The minimum atomic E-state index is 0. The summed E-state index contributed by atoms with van der Waals surface area (Å²) in [6.07, 6.45) is 1.65. The third-order valence-electron chi connectivity index (χ3n) is 1.46. The maximum Gasteiger partial charge on any atom is 0.187 e. The van der Waals surface area contributed by atoms with Crippen LogP contribution in [-0.2, 0) is 0 Å². The fraction of sp³-hybridized carbons (Fsp3) is 0.300. The second kappa shape index (κ2) is 6.49. The number of hydrogen-bond acceptors (Lipinski definition) is 2. The Hall–Kier alpha value is -1.02. The molecule has 0 fully saturated rings. The first-order valence-electron chi connectivity index (χ1n) is 4.13. The van der Waals surface area contributed by atoms with Crippen LogP contribution in [0.15, 0.2) is 30.3 Å². The van der Waals surface area contributed by atoms with Crippen molar-refractivity contribution in [1.29, 1.82) is 5.41 Å². The molecule has 72 valence electrons. The van der Waals surface area contributed by atoms with E-state index in [0.29, 0.717) is 12.3 Å². The van der Waals surface area contributed by atoms with Crippen LogP contribution >= 0.6 is 12.4 Å². The average Bonchev–Trinajstić information content (AvgIpc) is 2.06. The fourth-order valence-electron chi connectivity index (χ4n) is 0.909. The molecule has 13 heavy (non-hydrogen) atoms. The lowest BCUT2D eigenvalue weighted by molar-refractivity contribution is 0.524. The third kappa shape index (κ3) is 4.53. The molecule has 0 saturated carbocycles. The van der Waals surface area contributed by atoms with E-state index in [-0.39, 0.29) is 12.4 Å². The van der Waals surface area contributed by atoms with Crippen molar-refractivity contribution in [2.45, 2.75) is 19.8 Å². The minimum absolute atomic E-state index is 0. The van der Waals surface area contributed by atoms with Crippen LogP contribution in [0.25, 0.3) is 0 Å². The Bertz CT molecular complexity index is 248. The van der Waals surface area contributed by atoms with Gasteiger partial charge in [0.1, 0.15) is 5.75 Å². The zero-order valence-electron chi connectivity index (χ0n) is 7.62. The van der Waals surface area contributed by atoms with E-state index in [9.17, 15) is 0 Å². The van der Waals surface area contributed by atoms with Crippen molar-refractivity contribution in [2.24, 2.45) is 0 Å². The molecule has 1 aromatic rings. The fourth-order valence-corrected chi connectivity index (χ4v) is 0.909. The van der Waals surface area contributed by atoms with Gasteiger partial charge in [-0.25, -0.2) is 0 Å². The summed E-state index contributed by atoms with van der Waals surface area (Å²) in [5.41, 5.74) is 0. The third-order valence-corrected chi connectivity index (χ3v) is 1.46. The number of hydrogen-bond donors (Lipinski definition) is 1. The van der Waals surface area contributed by atoms with Crippen LogP contribution in [0.1, 0.15) is 19.8 Å². The second-order valence-electron chi connectivity index (χ2n) is 2.59. The number of halogens is 1. The van der Waals surface area contributed by atoms with Crippen molar-refractivity contribution in [3.8, 4) is 5.75 Å². The number of nitrogens with one attached hydrogen (secondary N) is 1. The number of benzene rings is 1. The van der Waals surface area contributed by atoms with E-state index in [1.807, 2.05) is 37.3 Å². The first kappa shape index (κ1) is 12.0. The lowest BCUT2D eigenvalue weighted by Gasteiger charge is -2.04. The van der Waals surface area contributed by atoms with Gasteiger partial charge in [0.25, 0.3) is 0 Å². The summed E-state index contributed by atoms with van der Waals surface area (Å²) in [6.45, 7) is 2.03. The van der Waals surface area contributed by atoms with Gasteiger partial charge in [0.05, 0.1) is 0 Å². The van der Waals surface area contributed by atoms with Crippen LogP contribution in [0.3, 0.4) is 0 Å². The molecule has 0 aliphatic carbocycles. The van der Waals surface area contributed by atoms with E-state index >= 15 is 0 Å². The molecule has 0 unspecified atom stereocenters. The lowest BCUT2D eigenvalue weighted by Crippen LogP contribution is -2.05. The molecule has 0 bridgehead atoms. The van der Waals surface area contributed by atoms with Gasteiger partial charge in [-0.3, -0.25) is 5.41 Å². The van der Waals surface area contributed by atoms with Gasteiger partial charge in [-0.15, -0.1) is 12.4 Å². The van der Waals surface area contributed by atoms with Crippen molar-refractivity contribution in [3.05, 3.63) is 30.3 Å². The van der Waals surface area contributed by atoms with Crippen molar-refractivity contribution >= 4 is 18.3 Å². The number of para-hydroxylation sites is 1. The van der Waals surface area contributed by atoms with Gasteiger partial charge in [0.15, 0.2) is 5.90 Å². The van der Waals surface area contributed by atoms with E-state index in [2.05, 4.69) is 0 Å². The van der Waals surface area contributed by atoms with Crippen LogP contribution in [0.5, 0.6) is 5.75 Å². The highest BCUT2D eigenvalue weighted by atomic mass is 35.5. The maximum absolute atomic E-state index is 7.40. The molecule has 0 heterocycles. The predicted octanol–water partition coefficient (Wildman–Crippen LogP) is 3.26. The Morgan fingerprint density at radius 3 is 2.46 bits per heavy atom.